The van der Waals surface area contributed by atoms with Crippen LogP contribution in [0.5, 0.6) is 0 Å². The Balaban J connectivity index is 2.05. The summed E-state index contributed by atoms with van der Waals surface area (Å²) in [6, 6.07) is 15.3. The highest BCUT2D eigenvalue weighted by molar-refractivity contribution is 6.08. The van der Waals surface area contributed by atoms with Crippen molar-refractivity contribution in [1.29, 1.82) is 0 Å². The molecule has 0 aliphatic carbocycles. The molecule has 0 unspecified atom stereocenters. The fraction of sp³-hybridized carbons (Fsp3) is 0.190. The second-order valence-corrected chi connectivity index (χ2v) is 6.49. The van der Waals surface area contributed by atoms with Crippen LogP contribution in [-0.2, 0) is 6.42 Å². The topological polar surface area (TPSA) is 29.1 Å². The Kier molecular flexibility index (Phi) is 3.80. The first-order valence-electron chi connectivity index (χ1n) is 7.68. The van der Waals surface area contributed by atoms with Gasteiger partial charge in [-0.1, -0.05) is 42.3 Å². The van der Waals surface area contributed by atoms with Gasteiger partial charge in [0.2, 0.25) is 0 Å². The summed E-state index contributed by atoms with van der Waals surface area (Å²) in [5.74, 6) is 2.68. The third-order valence-corrected chi connectivity index (χ3v) is 4.00. The van der Waals surface area contributed by atoms with E-state index in [0.29, 0.717) is 5.56 Å². The molecule has 2 heteroatoms. The van der Waals surface area contributed by atoms with Crippen LogP contribution in [0.3, 0.4) is 0 Å². The zero-order valence-corrected chi connectivity index (χ0v) is 13.4. The van der Waals surface area contributed by atoms with Crippen LogP contribution in [0, 0.1) is 12.3 Å². The van der Waals surface area contributed by atoms with Gasteiger partial charge in [0, 0.05) is 34.0 Å². The van der Waals surface area contributed by atoms with Gasteiger partial charge in [-0.3, -0.25) is 4.79 Å². The van der Waals surface area contributed by atoms with Crippen molar-refractivity contribution in [3.8, 4) is 12.3 Å². The summed E-state index contributed by atoms with van der Waals surface area (Å²) in [5.41, 5.74) is 4.52. The minimum absolute atomic E-state index is 0.00206. The average molecular weight is 301 g/mol. The van der Waals surface area contributed by atoms with E-state index >= 15 is 0 Å². The number of benzene rings is 2. The molecule has 0 aromatic heterocycles. The van der Waals surface area contributed by atoms with Gasteiger partial charge in [0.05, 0.1) is 0 Å². The van der Waals surface area contributed by atoms with Gasteiger partial charge in [-0.05, 0) is 38.0 Å². The molecule has 0 saturated carbocycles. The van der Waals surface area contributed by atoms with Crippen LogP contribution in [0.2, 0.25) is 0 Å². The number of rotatable bonds is 2. The molecule has 0 radical (unpaired) electrons. The number of hydrogen-bond donors (Lipinski definition) is 1. The van der Waals surface area contributed by atoms with Crippen molar-refractivity contribution in [2.75, 3.05) is 0 Å². The molecule has 2 aromatic rings. The third-order valence-electron chi connectivity index (χ3n) is 4.00. The zero-order chi connectivity index (χ0) is 16.4. The lowest BCUT2D eigenvalue weighted by atomic mass is 9.84. The highest BCUT2D eigenvalue weighted by atomic mass is 16.1. The van der Waals surface area contributed by atoms with Crippen LogP contribution in [-0.4, -0.2) is 11.3 Å². The van der Waals surface area contributed by atoms with E-state index < -0.39 is 0 Å². The Hall–Kier alpha value is -2.79. The molecule has 1 heterocycles. The van der Waals surface area contributed by atoms with Crippen LogP contribution < -0.4 is 5.32 Å². The molecular formula is C21H19NO. The number of terminal acetylenes is 1. The Morgan fingerprint density at radius 2 is 1.96 bits per heavy atom. The predicted octanol–water partition coefficient (Wildman–Crippen LogP) is 3.82. The minimum atomic E-state index is -0.122. The standard InChI is InChI=1S/C21H19NO/c1-4-15-10-11-18-17(12-15)14-21(2,3)22-19(18)13-20(23)16-8-6-5-7-9-16/h1,5-13,22H,14H2,2-3H3. The molecule has 0 amide bonds. The van der Waals surface area contributed by atoms with Crippen molar-refractivity contribution in [1.82, 2.24) is 5.32 Å². The van der Waals surface area contributed by atoms with Crippen LogP contribution in [0.1, 0.15) is 40.9 Å². The number of allylic oxidation sites excluding steroid dienone is 1. The summed E-state index contributed by atoms with van der Waals surface area (Å²) in [4.78, 5) is 12.5. The van der Waals surface area contributed by atoms with E-state index in [1.165, 1.54) is 5.56 Å². The van der Waals surface area contributed by atoms with Gasteiger partial charge in [-0.2, -0.15) is 0 Å². The van der Waals surface area contributed by atoms with E-state index in [1.54, 1.807) is 6.08 Å². The summed E-state index contributed by atoms with van der Waals surface area (Å²) in [6.07, 6.45) is 8.06. The van der Waals surface area contributed by atoms with E-state index in [1.807, 2.05) is 48.5 Å². The highest BCUT2D eigenvalue weighted by Gasteiger charge is 2.28. The molecule has 114 valence electrons. The van der Waals surface area contributed by atoms with E-state index in [2.05, 4.69) is 25.1 Å². The van der Waals surface area contributed by atoms with Gasteiger partial charge in [-0.25, -0.2) is 0 Å². The van der Waals surface area contributed by atoms with Crippen LogP contribution >= 0.6 is 0 Å². The molecular weight excluding hydrogens is 282 g/mol. The Bertz CT molecular complexity index is 823. The minimum Gasteiger partial charge on any atom is -0.379 e. The molecule has 1 aliphatic heterocycles. The van der Waals surface area contributed by atoms with Crippen molar-refractivity contribution >= 4 is 11.5 Å². The summed E-state index contributed by atoms with van der Waals surface area (Å²) in [7, 11) is 0. The number of carbonyl (C=O) groups is 1. The summed E-state index contributed by atoms with van der Waals surface area (Å²) in [6.45, 7) is 4.25. The van der Waals surface area contributed by atoms with E-state index in [9.17, 15) is 4.79 Å². The fourth-order valence-electron chi connectivity index (χ4n) is 2.98. The lowest BCUT2D eigenvalue weighted by molar-refractivity contribution is 0.104. The van der Waals surface area contributed by atoms with Crippen molar-refractivity contribution < 1.29 is 4.79 Å². The van der Waals surface area contributed by atoms with Gasteiger partial charge in [-0.15, -0.1) is 6.42 Å². The van der Waals surface area contributed by atoms with E-state index in [0.717, 1.165) is 23.2 Å². The quantitative estimate of drug-likeness (QED) is 0.519. The molecule has 0 atom stereocenters. The van der Waals surface area contributed by atoms with Gasteiger partial charge < -0.3 is 5.32 Å². The van der Waals surface area contributed by atoms with Crippen LogP contribution in [0.15, 0.2) is 54.6 Å². The summed E-state index contributed by atoms with van der Waals surface area (Å²) in [5, 5.41) is 3.48. The number of carbonyl (C=O) groups excluding carboxylic acids is 1. The molecule has 0 saturated heterocycles. The largest absolute Gasteiger partial charge is 0.379 e. The first kappa shape index (κ1) is 15.1. The fourth-order valence-corrected chi connectivity index (χ4v) is 2.98. The Morgan fingerprint density at radius 1 is 1.22 bits per heavy atom. The third kappa shape index (κ3) is 3.19. The zero-order valence-electron chi connectivity index (χ0n) is 13.4. The smallest absolute Gasteiger partial charge is 0.187 e. The van der Waals surface area contributed by atoms with E-state index in [4.69, 9.17) is 6.42 Å². The number of nitrogens with one attached hydrogen (secondary N) is 1. The van der Waals surface area contributed by atoms with Crippen molar-refractivity contribution in [2.24, 2.45) is 0 Å². The normalized spacial score (nSPS) is 17.0. The van der Waals surface area contributed by atoms with Crippen molar-refractivity contribution in [3.05, 3.63) is 76.9 Å². The molecule has 23 heavy (non-hydrogen) atoms. The maximum Gasteiger partial charge on any atom is 0.187 e. The van der Waals surface area contributed by atoms with E-state index in [-0.39, 0.29) is 11.3 Å². The lowest BCUT2D eigenvalue weighted by Crippen LogP contribution is -2.43. The van der Waals surface area contributed by atoms with Gasteiger partial charge >= 0.3 is 0 Å². The predicted molar refractivity (Wildman–Crippen MR) is 94.0 cm³/mol. The van der Waals surface area contributed by atoms with Crippen molar-refractivity contribution in [2.45, 2.75) is 25.8 Å². The second kappa shape index (κ2) is 5.78. The molecule has 2 aromatic carbocycles. The molecule has 3 rings (SSSR count). The van der Waals surface area contributed by atoms with Gasteiger partial charge in [0.1, 0.15) is 0 Å². The van der Waals surface area contributed by atoms with Crippen LogP contribution in [0.4, 0.5) is 0 Å². The number of hydrogen-bond acceptors (Lipinski definition) is 2. The maximum absolute atomic E-state index is 12.5. The van der Waals surface area contributed by atoms with Crippen molar-refractivity contribution in [3.63, 3.8) is 0 Å². The molecule has 2 nitrogen and oxygen atoms in total. The Morgan fingerprint density at radius 3 is 2.65 bits per heavy atom. The molecule has 0 bridgehead atoms. The number of fused-ring (bicyclic) bond motifs is 1. The van der Waals surface area contributed by atoms with Gasteiger partial charge in [0.15, 0.2) is 5.78 Å². The first-order chi connectivity index (χ1) is 11.0. The molecule has 1 aliphatic rings. The highest BCUT2D eigenvalue weighted by Crippen LogP contribution is 2.30. The monoisotopic (exact) mass is 301 g/mol. The lowest BCUT2D eigenvalue weighted by Gasteiger charge is -2.35. The van der Waals surface area contributed by atoms with Gasteiger partial charge in [0.25, 0.3) is 0 Å². The second-order valence-electron chi connectivity index (χ2n) is 6.49. The average Bonchev–Trinajstić information content (AvgIpc) is 2.54. The maximum atomic E-state index is 12.5. The van der Waals surface area contributed by atoms with Crippen LogP contribution in [0.25, 0.3) is 5.70 Å². The Labute approximate surface area is 137 Å². The first-order valence-corrected chi connectivity index (χ1v) is 7.68. The summed E-state index contributed by atoms with van der Waals surface area (Å²) < 4.78 is 0. The SMILES string of the molecule is C#Cc1ccc2c(c1)CC(C)(C)NC2=CC(=O)c1ccccc1. The summed E-state index contributed by atoms with van der Waals surface area (Å²) >= 11 is 0. The molecule has 1 N–H and O–H groups in total. The molecule has 0 spiro atoms. The molecule has 0 fully saturated rings. The number of ketones is 1.